The summed E-state index contributed by atoms with van der Waals surface area (Å²) in [6.07, 6.45) is 3.54. The Labute approximate surface area is 113 Å². The van der Waals surface area contributed by atoms with Crippen LogP contribution in [0.1, 0.15) is 18.9 Å². The van der Waals surface area contributed by atoms with Crippen LogP contribution in [0.5, 0.6) is 0 Å². The second-order valence-corrected chi connectivity index (χ2v) is 6.02. The molecule has 0 bridgehead atoms. The van der Waals surface area contributed by atoms with E-state index in [9.17, 15) is 8.42 Å². The van der Waals surface area contributed by atoms with Crippen LogP contribution in [-0.2, 0) is 23.5 Å². The molecule has 0 fully saturated rings. The van der Waals surface area contributed by atoms with E-state index < -0.39 is 10.0 Å². The molecule has 2 aromatic rings. The highest BCUT2D eigenvalue weighted by Gasteiger charge is 2.15. The minimum atomic E-state index is -3.55. The first-order chi connectivity index (χ1) is 9.03. The zero-order chi connectivity index (χ0) is 13.9. The van der Waals surface area contributed by atoms with Gasteiger partial charge in [0, 0.05) is 13.1 Å². The summed E-state index contributed by atoms with van der Waals surface area (Å²) in [6.45, 7) is 2.09. The number of aryl methyl sites for hydroxylation is 2. The minimum absolute atomic E-state index is 0.258. The van der Waals surface area contributed by atoms with Crippen molar-refractivity contribution >= 4 is 15.8 Å². The number of hydrogen-bond acceptors (Lipinski definition) is 3. The lowest BCUT2D eigenvalue weighted by atomic mass is 10.1. The number of hydrogen-bond donors (Lipinski definition) is 1. The highest BCUT2D eigenvalue weighted by molar-refractivity contribution is 7.92. The first kappa shape index (κ1) is 13.6. The average Bonchev–Trinajstić information content (AvgIpc) is 2.75. The zero-order valence-corrected chi connectivity index (χ0v) is 11.8. The summed E-state index contributed by atoms with van der Waals surface area (Å²) in [6, 6.07) is 8.57. The van der Waals surface area contributed by atoms with Crippen LogP contribution in [0.3, 0.4) is 0 Å². The van der Waals surface area contributed by atoms with E-state index in [1.165, 1.54) is 4.68 Å². The number of anilines is 1. The molecule has 19 heavy (non-hydrogen) atoms. The van der Waals surface area contributed by atoms with Gasteiger partial charge in [-0.2, -0.15) is 5.10 Å². The van der Waals surface area contributed by atoms with E-state index in [2.05, 4.69) is 16.7 Å². The van der Waals surface area contributed by atoms with Gasteiger partial charge in [-0.1, -0.05) is 25.5 Å². The Kier molecular flexibility index (Phi) is 3.90. The molecule has 102 valence electrons. The van der Waals surface area contributed by atoms with Gasteiger partial charge in [0.1, 0.15) is 5.82 Å². The standard InChI is InChI=1S/C13H17N3O2S/c1-3-4-11-5-7-12(8-6-11)19(17,18)15-13-9-10-14-16(13)2/h5-10,15H,3-4H2,1-2H3. The van der Waals surface area contributed by atoms with Crippen molar-refractivity contribution in [3.05, 3.63) is 42.1 Å². The van der Waals surface area contributed by atoms with Crippen molar-refractivity contribution in [3.63, 3.8) is 0 Å². The molecule has 0 aliphatic rings. The smallest absolute Gasteiger partial charge is 0.263 e. The maximum Gasteiger partial charge on any atom is 0.263 e. The normalized spacial score (nSPS) is 11.5. The molecule has 6 heteroatoms. The van der Waals surface area contributed by atoms with Crippen LogP contribution in [0.4, 0.5) is 5.82 Å². The molecule has 2 rings (SSSR count). The van der Waals surface area contributed by atoms with Crippen molar-refractivity contribution in [1.29, 1.82) is 0 Å². The van der Waals surface area contributed by atoms with Crippen LogP contribution >= 0.6 is 0 Å². The molecule has 0 spiro atoms. The number of nitrogens with zero attached hydrogens (tertiary/aromatic N) is 2. The Morgan fingerprint density at radius 3 is 2.42 bits per heavy atom. The molecule has 0 radical (unpaired) electrons. The van der Waals surface area contributed by atoms with Gasteiger partial charge < -0.3 is 0 Å². The maximum absolute atomic E-state index is 12.2. The fourth-order valence-electron chi connectivity index (χ4n) is 1.79. The lowest BCUT2D eigenvalue weighted by Crippen LogP contribution is -2.15. The summed E-state index contributed by atoms with van der Waals surface area (Å²) in [5.74, 6) is 0.442. The third kappa shape index (κ3) is 3.14. The molecule has 0 saturated heterocycles. The Hall–Kier alpha value is -1.82. The molecular formula is C13H17N3O2S. The molecule has 0 unspecified atom stereocenters. The molecule has 1 N–H and O–H groups in total. The van der Waals surface area contributed by atoms with Gasteiger partial charge in [-0.3, -0.25) is 9.40 Å². The van der Waals surface area contributed by atoms with Crippen LogP contribution in [0.15, 0.2) is 41.4 Å². The Morgan fingerprint density at radius 2 is 1.89 bits per heavy atom. The molecule has 0 aliphatic heterocycles. The molecule has 0 saturated carbocycles. The predicted octanol–water partition coefficient (Wildman–Crippen LogP) is 2.17. The monoisotopic (exact) mass is 279 g/mol. The number of sulfonamides is 1. The summed E-state index contributed by atoms with van der Waals surface area (Å²) in [5, 5.41) is 3.92. The summed E-state index contributed by atoms with van der Waals surface area (Å²) in [5.41, 5.74) is 1.14. The van der Waals surface area contributed by atoms with Gasteiger partial charge in [-0.25, -0.2) is 8.42 Å². The third-order valence-electron chi connectivity index (χ3n) is 2.83. The predicted molar refractivity (Wildman–Crippen MR) is 74.5 cm³/mol. The SMILES string of the molecule is CCCc1ccc(S(=O)(=O)Nc2ccnn2C)cc1. The highest BCUT2D eigenvalue weighted by atomic mass is 32.2. The van der Waals surface area contributed by atoms with E-state index in [0.29, 0.717) is 5.82 Å². The minimum Gasteiger partial charge on any atom is -0.264 e. The van der Waals surface area contributed by atoms with Crippen LogP contribution in [0.25, 0.3) is 0 Å². The van der Waals surface area contributed by atoms with E-state index in [-0.39, 0.29) is 4.90 Å². The fraction of sp³-hybridized carbons (Fsp3) is 0.308. The highest BCUT2D eigenvalue weighted by Crippen LogP contribution is 2.16. The molecule has 1 aromatic heterocycles. The number of aromatic nitrogens is 2. The number of nitrogens with one attached hydrogen (secondary N) is 1. The van der Waals surface area contributed by atoms with Crippen molar-refractivity contribution in [2.75, 3.05) is 4.72 Å². The molecule has 0 amide bonds. The number of rotatable bonds is 5. The van der Waals surface area contributed by atoms with Gasteiger partial charge >= 0.3 is 0 Å². The Bertz CT molecular complexity index is 645. The van der Waals surface area contributed by atoms with Crippen molar-refractivity contribution in [2.45, 2.75) is 24.7 Å². The summed E-state index contributed by atoms with van der Waals surface area (Å²) in [7, 11) is -1.87. The van der Waals surface area contributed by atoms with Crippen LogP contribution < -0.4 is 4.72 Å². The lowest BCUT2D eigenvalue weighted by Gasteiger charge is -2.08. The zero-order valence-electron chi connectivity index (χ0n) is 11.0. The molecule has 1 heterocycles. The first-order valence-electron chi connectivity index (χ1n) is 6.12. The van der Waals surface area contributed by atoms with Crippen LogP contribution in [-0.4, -0.2) is 18.2 Å². The largest absolute Gasteiger partial charge is 0.264 e. The van der Waals surface area contributed by atoms with E-state index in [1.54, 1.807) is 31.4 Å². The average molecular weight is 279 g/mol. The maximum atomic E-state index is 12.2. The number of benzene rings is 1. The summed E-state index contributed by atoms with van der Waals surface area (Å²) < 4.78 is 28.3. The summed E-state index contributed by atoms with van der Waals surface area (Å²) >= 11 is 0. The topological polar surface area (TPSA) is 64.0 Å². The van der Waals surface area contributed by atoms with Crippen molar-refractivity contribution in [2.24, 2.45) is 7.05 Å². The molecule has 0 atom stereocenters. The lowest BCUT2D eigenvalue weighted by molar-refractivity contribution is 0.600. The van der Waals surface area contributed by atoms with E-state index >= 15 is 0 Å². The van der Waals surface area contributed by atoms with Gasteiger partial charge in [-0.05, 0) is 24.1 Å². The second kappa shape index (κ2) is 5.44. The van der Waals surface area contributed by atoms with E-state index in [0.717, 1.165) is 18.4 Å². The van der Waals surface area contributed by atoms with Crippen LogP contribution in [0, 0.1) is 0 Å². The Morgan fingerprint density at radius 1 is 1.21 bits per heavy atom. The molecule has 1 aromatic carbocycles. The van der Waals surface area contributed by atoms with Gasteiger partial charge in [0.25, 0.3) is 10.0 Å². The van der Waals surface area contributed by atoms with Crippen molar-refractivity contribution < 1.29 is 8.42 Å². The van der Waals surface area contributed by atoms with Crippen molar-refractivity contribution in [3.8, 4) is 0 Å². The van der Waals surface area contributed by atoms with Crippen molar-refractivity contribution in [1.82, 2.24) is 9.78 Å². The molecule has 5 nitrogen and oxygen atoms in total. The molecule has 0 aliphatic carbocycles. The summed E-state index contributed by atoms with van der Waals surface area (Å²) in [4.78, 5) is 0.258. The second-order valence-electron chi connectivity index (χ2n) is 4.34. The van der Waals surface area contributed by atoms with Gasteiger partial charge in [0.2, 0.25) is 0 Å². The van der Waals surface area contributed by atoms with Gasteiger partial charge in [-0.15, -0.1) is 0 Å². The van der Waals surface area contributed by atoms with E-state index in [4.69, 9.17) is 0 Å². The van der Waals surface area contributed by atoms with Gasteiger partial charge in [0.15, 0.2) is 0 Å². The first-order valence-corrected chi connectivity index (χ1v) is 7.61. The van der Waals surface area contributed by atoms with E-state index in [1.807, 2.05) is 12.1 Å². The third-order valence-corrected chi connectivity index (χ3v) is 4.20. The quantitative estimate of drug-likeness (QED) is 0.912. The van der Waals surface area contributed by atoms with Gasteiger partial charge in [0.05, 0.1) is 11.1 Å². The Balaban J connectivity index is 2.22. The fourth-order valence-corrected chi connectivity index (χ4v) is 2.88. The molecular weight excluding hydrogens is 262 g/mol. The van der Waals surface area contributed by atoms with Crippen LogP contribution in [0.2, 0.25) is 0 Å².